The highest BCUT2D eigenvalue weighted by atomic mass is 35.5. The number of benzene rings is 2. The molecule has 6 heteroatoms. The number of fused-ring (bicyclic) bond motifs is 1. The van der Waals surface area contributed by atoms with Gasteiger partial charge in [0.05, 0.1) is 0 Å². The van der Waals surface area contributed by atoms with Crippen molar-refractivity contribution < 1.29 is 4.79 Å². The van der Waals surface area contributed by atoms with Gasteiger partial charge in [-0.3, -0.25) is 4.79 Å². The minimum atomic E-state index is 0. The maximum atomic E-state index is 13.0. The minimum absolute atomic E-state index is 0. The van der Waals surface area contributed by atoms with Gasteiger partial charge in [-0.2, -0.15) is 0 Å². The van der Waals surface area contributed by atoms with Gasteiger partial charge in [0.15, 0.2) is 0 Å². The average molecular weight is 410 g/mol. The van der Waals surface area contributed by atoms with Crippen LogP contribution in [0.3, 0.4) is 0 Å². The van der Waals surface area contributed by atoms with Crippen molar-refractivity contribution in [3.05, 3.63) is 53.6 Å². The fourth-order valence-electron chi connectivity index (χ4n) is 3.57. The van der Waals surface area contributed by atoms with E-state index in [0.29, 0.717) is 0 Å². The third-order valence-corrected chi connectivity index (χ3v) is 4.89. The molecule has 0 bridgehead atoms. The molecule has 0 saturated carbocycles. The fourth-order valence-corrected chi connectivity index (χ4v) is 3.57. The van der Waals surface area contributed by atoms with Gasteiger partial charge in [0, 0.05) is 42.3 Å². The third-order valence-electron chi connectivity index (χ3n) is 4.89. The first-order chi connectivity index (χ1) is 12.2. The molecule has 1 amide bonds. The van der Waals surface area contributed by atoms with Crippen molar-refractivity contribution in [3.8, 4) is 0 Å². The van der Waals surface area contributed by atoms with Crippen molar-refractivity contribution in [1.29, 1.82) is 0 Å². The number of hydrogen-bond acceptors (Lipinski definition) is 3. The summed E-state index contributed by atoms with van der Waals surface area (Å²) in [6.07, 6.45) is 3.00. The number of nitrogens with two attached hydrogens (primary N) is 1. The molecule has 2 N–H and O–H groups in total. The van der Waals surface area contributed by atoms with E-state index < -0.39 is 0 Å². The maximum absolute atomic E-state index is 13.0. The summed E-state index contributed by atoms with van der Waals surface area (Å²) >= 11 is 0. The normalized spacial score (nSPS) is 12.4. The summed E-state index contributed by atoms with van der Waals surface area (Å²) in [5, 5.41) is 0. The first-order valence-electron chi connectivity index (χ1n) is 9.20. The topological polar surface area (TPSA) is 49.6 Å². The molecule has 1 aliphatic rings. The molecule has 27 heavy (non-hydrogen) atoms. The van der Waals surface area contributed by atoms with Gasteiger partial charge in [0.25, 0.3) is 5.91 Å². The second-order valence-corrected chi connectivity index (χ2v) is 6.53. The van der Waals surface area contributed by atoms with Crippen LogP contribution in [0, 0.1) is 0 Å². The molecule has 0 saturated heterocycles. The van der Waals surface area contributed by atoms with E-state index in [-0.39, 0.29) is 30.7 Å². The Kier molecular flexibility index (Phi) is 8.94. The number of nitrogens with zero attached hydrogens (tertiary/aromatic N) is 2. The lowest BCUT2D eigenvalue weighted by Gasteiger charge is -2.30. The van der Waals surface area contributed by atoms with E-state index in [9.17, 15) is 4.79 Å². The van der Waals surface area contributed by atoms with Gasteiger partial charge in [-0.05, 0) is 68.1 Å². The summed E-state index contributed by atoms with van der Waals surface area (Å²) < 4.78 is 0. The zero-order chi connectivity index (χ0) is 17.8. The molecule has 2 aromatic rings. The van der Waals surface area contributed by atoms with E-state index in [0.717, 1.165) is 61.4 Å². The molecule has 0 unspecified atom stereocenters. The molecular weight excluding hydrogens is 381 g/mol. The highest BCUT2D eigenvalue weighted by Crippen LogP contribution is 2.32. The number of hydrogen-bond donors (Lipinski definition) is 1. The Hall–Kier alpha value is -1.91. The van der Waals surface area contributed by atoms with Crippen LogP contribution in [0.2, 0.25) is 0 Å². The van der Waals surface area contributed by atoms with Gasteiger partial charge in [0.2, 0.25) is 0 Å². The van der Waals surface area contributed by atoms with E-state index in [4.69, 9.17) is 5.73 Å². The number of carbonyl (C=O) groups excluding carboxylic acids is 1. The van der Waals surface area contributed by atoms with Crippen molar-refractivity contribution in [2.45, 2.75) is 33.1 Å². The monoisotopic (exact) mass is 409 g/mol. The smallest absolute Gasteiger partial charge is 0.258 e. The van der Waals surface area contributed by atoms with Crippen molar-refractivity contribution >= 4 is 47.8 Å². The molecule has 4 nitrogen and oxygen atoms in total. The van der Waals surface area contributed by atoms with Crippen LogP contribution in [-0.2, 0) is 6.42 Å². The van der Waals surface area contributed by atoms with Crippen molar-refractivity contribution in [3.63, 3.8) is 0 Å². The lowest BCUT2D eigenvalue weighted by Crippen LogP contribution is -2.35. The highest BCUT2D eigenvalue weighted by molar-refractivity contribution is 6.07. The lowest BCUT2D eigenvalue weighted by molar-refractivity contribution is 0.0985. The molecule has 148 valence electrons. The van der Waals surface area contributed by atoms with Gasteiger partial charge in [-0.1, -0.05) is 13.0 Å². The Labute approximate surface area is 174 Å². The summed E-state index contributed by atoms with van der Waals surface area (Å²) in [5.41, 5.74) is 10.8. The second-order valence-electron chi connectivity index (χ2n) is 6.53. The first-order valence-corrected chi connectivity index (χ1v) is 9.20. The summed E-state index contributed by atoms with van der Waals surface area (Å²) in [6, 6.07) is 13.8. The van der Waals surface area contributed by atoms with Gasteiger partial charge in [-0.15, -0.1) is 24.8 Å². The molecule has 0 radical (unpaired) electrons. The zero-order valence-corrected chi connectivity index (χ0v) is 17.6. The quantitative estimate of drug-likeness (QED) is 0.711. The predicted octanol–water partition coefficient (Wildman–Crippen LogP) is 4.94. The standard InChI is InChI=1S/C21H27N3O.2ClH/c1-3-14-23(4-2)17-12-10-16(11-13-17)21(25)24-15-6-7-18-19(22)8-5-9-20(18)24;;/h5,8-13H,3-4,6-7,14-15,22H2,1-2H3;2*1H. The van der Waals surface area contributed by atoms with E-state index in [1.54, 1.807) is 0 Å². The van der Waals surface area contributed by atoms with E-state index in [1.165, 1.54) is 5.69 Å². The Bertz CT molecular complexity index is 750. The van der Waals surface area contributed by atoms with Gasteiger partial charge in [0.1, 0.15) is 0 Å². The first kappa shape index (κ1) is 23.1. The molecule has 0 atom stereocenters. The Morgan fingerprint density at radius 1 is 1.11 bits per heavy atom. The summed E-state index contributed by atoms with van der Waals surface area (Å²) in [6.45, 7) is 7.08. The molecule has 0 spiro atoms. The van der Waals surface area contributed by atoms with Crippen molar-refractivity contribution in [2.75, 3.05) is 35.2 Å². The third kappa shape index (κ3) is 4.88. The van der Waals surface area contributed by atoms with Crippen LogP contribution in [0.4, 0.5) is 17.1 Å². The van der Waals surface area contributed by atoms with E-state index in [1.807, 2.05) is 35.2 Å². The average Bonchev–Trinajstić information content (AvgIpc) is 2.66. The number of nitrogen functional groups attached to an aromatic ring is 1. The van der Waals surface area contributed by atoms with E-state index >= 15 is 0 Å². The number of anilines is 3. The summed E-state index contributed by atoms with van der Waals surface area (Å²) in [4.78, 5) is 17.2. The highest BCUT2D eigenvalue weighted by Gasteiger charge is 2.24. The van der Waals surface area contributed by atoms with Crippen LogP contribution in [0.5, 0.6) is 0 Å². The molecule has 0 aliphatic carbocycles. The summed E-state index contributed by atoms with van der Waals surface area (Å²) in [7, 11) is 0. The van der Waals surface area contributed by atoms with Crippen LogP contribution in [0.1, 0.15) is 42.6 Å². The van der Waals surface area contributed by atoms with Crippen LogP contribution < -0.4 is 15.5 Å². The number of halogens is 2. The SMILES string of the molecule is CCCN(CC)c1ccc(C(=O)N2CCCc3c(N)cccc32)cc1.Cl.Cl. The zero-order valence-electron chi connectivity index (χ0n) is 16.0. The van der Waals surface area contributed by atoms with Crippen molar-refractivity contribution in [1.82, 2.24) is 0 Å². The van der Waals surface area contributed by atoms with Crippen LogP contribution in [0.25, 0.3) is 0 Å². The van der Waals surface area contributed by atoms with Gasteiger partial charge < -0.3 is 15.5 Å². The molecule has 0 aromatic heterocycles. The molecule has 1 heterocycles. The van der Waals surface area contributed by atoms with Gasteiger partial charge in [-0.25, -0.2) is 0 Å². The van der Waals surface area contributed by atoms with Crippen molar-refractivity contribution in [2.24, 2.45) is 0 Å². The number of carbonyl (C=O) groups is 1. The van der Waals surface area contributed by atoms with Crippen LogP contribution in [-0.4, -0.2) is 25.5 Å². The largest absolute Gasteiger partial charge is 0.398 e. The Morgan fingerprint density at radius 2 is 1.81 bits per heavy atom. The van der Waals surface area contributed by atoms with Crippen LogP contribution in [0.15, 0.2) is 42.5 Å². The molecular formula is C21H29Cl2N3O. The maximum Gasteiger partial charge on any atom is 0.258 e. The minimum Gasteiger partial charge on any atom is -0.398 e. The predicted molar refractivity (Wildman–Crippen MR) is 120 cm³/mol. The van der Waals surface area contributed by atoms with Gasteiger partial charge >= 0.3 is 0 Å². The van der Waals surface area contributed by atoms with E-state index in [2.05, 4.69) is 30.9 Å². The molecule has 0 fully saturated rings. The number of rotatable bonds is 5. The second kappa shape index (κ2) is 10.4. The Balaban J connectivity index is 0.00000182. The summed E-state index contributed by atoms with van der Waals surface area (Å²) in [5.74, 6) is 0.0524. The Morgan fingerprint density at radius 3 is 2.44 bits per heavy atom. The molecule has 3 rings (SSSR count). The fraction of sp³-hybridized carbons (Fsp3) is 0.381. The lowest BCUT2D eigenvalue weighted by atomic mass is 9.99. The number of amides is 1. The van der Waals surface area contributed by atoms with Crippen LogP contribution >= 0.6 is 24.8 Å². The molecule has 1 aliphatic heterocycles. The molecule has 2 aromatic carbocycles.